The number of aliphatic imine (C=N–C) groups is 1. The van der Waals surface area contributed by atoms with E-state index in [1.807, 2.05) is 14.0 Å². The van der Waals surface area contributed by atoms with Crippen molar-refractivity contribution < 1.29 is 22.7 Å². The van der Waals surface area contributed by atoms with Crippen LogP contribution >= 0.6 is 11.8 Å². The summed E-state index contributed by atoms with van der Waals surface area (Å²) >= 11 is 0.987. The first kappa shape index (κ1) is 18.1. The third kappa shape index (κ3) is 4.26. The Morgan fingerprint density at radius 1 is 1.31 bits per heavy atom. The highest BCUT2D eigenvalue weighted by atomic mass is 32.2. The Morgan fingerprint density at radius 3 is 2.58 bits per heavy atom. The fourth-order valence-electron chi connectivity index (χ4n) is 2.16. The van der Waals surface area contributed by atoms with Crippen LogP contribution in [0.3, 0.4) is 0 Å². The number of aryl methyl sites for hydroxylation is 1. The molecule has 1 saturated heterocycles. The number of aromatic nitrogens is 2. The molecule has 0 bridgehead atoms. The predicted octanol–water partition coefficient (Wildman–Crippen LogP) is 4.15. The van der Waals surface area contributed by atoms with Crippen molar-refractivity contribution in [1.29, 1.82) is 0 Å². The van der Waals surface area contributed by atoms with Gasteiger partial charge in [-0.3, -0.25) is 9.48 Å². The summed E-state index contributed by atoms with van der Waals surface area (Å²) in [7, 11) is 1.81. The van der Waals surface area contributed by atoms with E-state index in [4.69, 9.17) is 0 Å². The van der Waals surface area contributed by atoms with Crippen LogP contribution in [0.1, 0.15) is 11.3 Å². The lowest BCUT2D eigenvalue weighted by Gasteiger charge is -2.08. The summed E-state index contributed by atoms with van der Waals surface area (Å²) in [6.07, 6.45) is -1.29. The van der Waals surface area contributed by atoms with E-state index in [9.17, 15) is 18.0 Å². The molecule has 0 saturated carbocycles. The second-order valence-corrected chi connectivity index (χ2v) is 6.35. The molecule has 2 aromatic rings. The number of alkyl halides is 3. The molecule has 1 aromatic heterocycles. The largest absolute Gasteiger partial charge is 0.573 e. The molecule has 1 aliphatic rings. The summed E-state index contributed by atoms with van der Waals surface area (Å²) in [6, 6.07) is 5.06. The van der Waals surface area contributed by atoms with Crippen molar-refractivity contribution in [3.8, 4) is 5.75 Å². The molecule has 1 fully saturated rings. The second kappa shape index (κ2) is 6.87. The molecule has 0 radical (unpaired) electrons. The lowest BCUT2D eigenvalue weighted by Crippen LogP contribution is -2.18. The van der Waals surface area contributed by atoms with Gasteiger partial charge in [0, 0.05) is 18.3 Å². The van der Waals surface area contributed by atoms with Crippen LogP contribution < -0.4 is 10.1 Å². The molecule has 136 valence electrons. The van der Waals surface area contributed by atoms with Gasteiger partial charge in [0.2, 0.25) is 0 Å². The number of thioether (sulfide) groups is 1. The molecule has 1 aliphatic heterocycles. The van der Waals surface area contributed by atoms with E-state index in [0.717, 1.165) is 35.2 Å². The maximum Gasteiger partial charge on any atom is 0.573 e. The van der Waals surface area contributed by atoms with E-state index in [2.05, 4.69) is 20.1 Å². The zero-order valence-electron chi connectivity index (χ0n) is 13.7. The lowest BCUT2D eigenvalue weighted by molar-refractivity contribution is -0.274. The van der Waals surface area contributed by atoms with E-state index in [-0.39, 0.29) is 11.0 Å². The van der Waals surface area contributed by atoms with E-state index in [1.165, 1.54) is 12.1 Å². The first-order valence-electron chi connectivity index (χ1n) is 7.35. The first-order chi connectivity index (χ1) is 12.2. The summed E-state index contributed by atoms with van der Waals surface area (Å²) in [4.78, 5) is 16.6. The Morgan fingerprint density at radius 2 is 2.00 bits per heavy atom. The highest BCUT2D eigenvalue weighted by molar-refractivity contribution is 8.18. The van der Waals surface area contributed by atoms with Crippen LogP contribution in [0, 0.1) is 6.92 Å². The standard InChI is InChI=1S/C16H13F3N4O2S/c1-9-10(8-20-23(9)2)7-13-14(22-15(24)26-13)21-11-3-5-12(6-4-11)25-16(17,18)19/h3-8H,1-2H3,(H,21,22,24)/b13-7-. The Labute approximate surface area is 150 Å². The van der Waals surface area contributed by atoms with Crippen molar-refractivity contribution in [1.82, 2.24) is 15.1 Å². The molecule has 3 rings (SSSR count). The molecule has 6 nitrogen and oxygen atoms in total. The van der Waals surface area contributed by atoms with E-state index >= 15 is 0 Å². The van der Waals surface area contributed by atoms with E-state index < -0.39 is 6.36 Å². The number of hydrogen-bond donors (Lipinski definition) is 1. The third-order valence-corrected chi connectivity index (χ3v) is 4.35. The molecule has 10 heteroatoms. The molecule has 0 atom stereocenters. The molecule has 1 N–H and O–H groups in total. The molecule has 2 heterocycles. The monoisotopic (exact) mass is 382 g/mol. The molecular formula is C16H13F3N4O2S. The number of amidine groups is 1. The van der Waals surface area contributed by atoms with Gasteiger partial charge in [0.25, 0.3) is 5.24 Å². The van der Waals surface area contributed by atoms with E-state index in [1.54, 1.807) is 17.0 Å². The molecule has 26 heavy (non-hydrogen) atoms. The summed E-state index contributed by atoms with van der Waals surface area (Å²) in [5.74, 6) is -0.0132. The molecule has 1 aromatic carbocycles. The Balaban J connectivity index is 1.86. The molecular weight excluding hydrogens is 369 g/mol. The van der Waals surface area contributed by atoms with Gasteiger partial charge in [-0.1, -0.05) is 0 Å². The Bertz CT molecular complexity index is 901. The van der Waals surface area contributed by atoms with E-state index in [0.29, 0.717) is 16.4 Å². The number of halogens is 3. The number of nitrogens with one attached hydrogen (secondary N) is 1. The van der Waals surface area contributed by atoms with Crippen molar-refractivity contribution in [2.75, 3.05) is 0 Å². The maximum atomic E-state index is 12.2. The van der Waals surface area contributed by atoms with Gasteiger partial charge >= 0.3 is 6.36 Å². The minimum Gasteiger partial charge on any atom is -0.406 e. The van der Waals surface area contributed by atoms with Crippen LogP contribution in [0.25, 0.3) is 6.08 Å². The van der Waals surface area contributed by atoms with Crippen LogP contribution in [0.2, 0.25) is 0 Å². The third-order valence-electron chi connectivity index (χ3n) is 3.53. The van der Waals surface area contributed by atoms with Gasteiger partial charge in [-0.2, -0.15) is 5.10 Å². The first-order valence-corrected chi connectivity index (χ1v) is 8.17. The summed E-state index contributed by atoms with van der Waals surface area (Å²) in [5, 5.41) is 6.47. The number of carbonyl (C=O) groups excluding carboxylic acids is 1. The van der Waals surface area contributed by atoms with Gasteiger partial charge in [0.05, 0.1) is 16.8 Å². The molecule has 0 spiro atoms. The minimum absolute atomic E-state index is 0.284. The number of rotatable bonds is 3. The molecule has 0 aliphatic carbocycles. The SMILES string of the molecule is Cc1c(/C=C2\SC(=O)NC2=Nc2ccc(OC(F)(F)F)cc2)cnn1C. The summed E-state index contributed by atoms with van der Waals surface area (Å²) in [6.45, 7) is 1.89. The molecule has 0 unspecified atom stereocenters. The van der Waals surface area contributed by atoms with Crippen LogP contribution in [0.15, 0.2) is 40.4 Å². The molecule has 1 amide bonds. The minimum atomic E-state index is -4.75. The van der Waals surface area contributed by atoms with Crippen molar-refractivity contribution in [3.05, 3.63) is 46.6 Å². The highest BCUT2D eigenvalue weighted by Crippen LogP contribution is 2.30. The van der Waals surface area contributed by atoms with Crippen LogP contribution in [-0.2, 0) is 7.05 Å². The number of ether oxygens (including phenoxy) is 1. The summed E-state index contributed by atoms with van der Waals surface area (Å²) in [5.41, 5.74) is 2.14. The average molecular weight is 382 g/mol. The second-order valence-electron chi connectivity index (χ2n) is 5.33. The van der Waals surface area contributed by atoms with Crippen LogP contribution in [-0.4, -0.2) is 27.2 Å². The van der Waals surface area contributed by atoms with Crippen molar-refractivity contribution >= 4 is 34.6 Å². The van der Waals surface area contributed by atoms with Gasteiger partial charge in [0.15, 0.2) is 0 Å². The zero-order valence-corrected chi connectivity index (χ0v) is 14.5. The Kier molecular flexibility index (Phi) is 4.77. The lowest BCUT2D eigenvalue weighted by atomic mass is 10.2. The van der Waals surface area contributed by atoms with Crippen molar-refractivity contribution in [2.45, 2.75) is 13.3 Å². The van der Waals surface area contributed by atoms with Gasteiger partial charge < -0.3 is 10.1 Å². The normalized spacial score (nSPS) is 17.8. The van der Waals surface area contributed by atoms with Crippen LogP contribution in [0.5, 0.6) is 5.75 Å². The Hall–Kier alpha value is -2.75. The predicted molar refractivity (Wildman–Crippen MR) is 92.3 cm³/mol. The smallest absolute Gasteiger partial charge is 0.406 e. The fraction of sp³-hybridized carbons (Fsp3) is 0.188. The van der Waals surface area contributed by atoms with Crippen molar-refractivity contribution in [2.24, 2.45) is 12.0 Å². The average Bonchev–Trinajstić information content (AvgIpc) is 3.05. The highest BCUT2D eigenvalue weighted by Gasteiger charge is 2.31. The fourth-order valence-corrected chi connectivity index (χ4v) is 2.89. The van der Waals surface area contributed by atoms with Gasteiger partial charge in [-0.25, -0.2) is 4.99 Å². The number of carbonyl (C=O) groups is 1. The number of benzene rings is 1. The van der Waals surface area contributed by atoms with Crippen LogP contribution in [0.4, 0.5) is 23.7 Å². The topological polar surface area (TPSA) is 68.5 Å². The number of amides is 1. The van der Waals surface area contributed by atoms with Gasteiger partial charge in [-0.15, -0.1) is 13.2 Å². The zero-order chi connectivity index (χ0) is 18.9. The van der Waals surface area contributed by atoms with Gasteiger partial charge in [-0.05, 0) is 49.0 Å². The van der Waals surface area contributed by atoms with Gasteiger partial charge in [0.1, 0.15) is 11.6 Å². The quantitative estimate of drug-likeness (QED) is 0.866. The number of nitrogens with zero attached hydrogens (tertiary/aromatic N) is 3. The summed E-state index contributed by atoms with van der Waals surface area (Å²) < 4.78 is 42.1. The van der Waals surface area contributed by atoms with Crippen molar-refractivity contribution in [3.63, 3.8) is 0 Å². The maximum absolute atomic E-state index is 12.2. The number of hydrogen-bond acceptors (Lipinski definition) is 5.